The first-order valence-corrected chi connectivity index (χ1v) is 8.47. The quantitative estimate of drug-likeness (QED) is 0.867. The summed E-state index contributed by atoms with van der Waals surface area (Å²) in [5.74, 6) is -0.713. The topological polar surface area (TPSA) is 80.7 Å². The maximum Gasteiger partial charge on any atom is 0.309 e. The monoisotopic (exact) mass is 364 g/mol. The summed E-state index contributed by atoms with van der Waals surface area (Å²) in [5, 5.41) is 9.15. The maximum absolute atomic E-state index is 11.8. The number of carboxylic acid groups (broad SMARTS) is 1. The largest absolute Gasteiger partial charge is 0.494 e. The highest BCUT2D eigenvalue weighted by atomic mass is 79.9. The number of benzene rings is 1. The Morgan fingerprint density at radius 2 is 1.95 bits per heavy atom. The highest BCUT2D eigenvalue weighted by molar-refractivity contribution is 9.10. The van der Waals surface area contributed by atoms with E-state index in [1.807, 2.05) is 0 Å². The van der Waals surface area contributed by atoms with Gasteiger partial charge in [0.05, 0.1) is 17.0 Å². The molecule has 0 spiro atoms. The van der Waals surface area contributed by atoms with Crippen LogP contribution < -0.4 is 4.74 Å². The standard InChI is InChI=1S/C13H17BrO5S/c1-13(2,12(15)16)7-8-5-9(14)11(19-3)10(6-8)20(4,17)18/h5-6H,7H2,1-4H3,(H,15,16). The minimum Gasteiger partial charge on any atom is -0.494 e. The van der Waals surface area contributed by atoms with Crippen LogP contribution in [-0.4, -0.2) is 32.9 Å². The number of hydrogen-bond acceptors (Lipinski definition) is 4. The Morgan fingerprint density at radius 1 is 1.40 bits per heavy atom. The first-order chi connectivity index (χ1) is 8.99. The minimum atomic E-state index is -3.47. The van der Waals surface area contributed by atoms with Crippen LogP contribution >= 0.6 is 15.9 Å². The average molecular weight is 365 g/mol. The molecular weight excluding hydrogens is 348 g/mol. The second-order valence-corrected chi connectivity index (χ2v) is 8.09. The van der Waals surface area contributed by atoms with Crippen molar-refractivity contribution in [1.82, 2.24) is 0 Å². The summed E-state index contributed by atoms with van der Waals surface area (Å²) < 4.78 is 29.2. The number of ether oxygens (including phenoxy) is 1. The van der Waals surface area contributed by atoms with E-state index < -0.39 is 21.2 Å². The third-order valence-corrected chi connectivity index (χ3v) is 4.59. The Kier molecular flexibility index (Phi) is 4.86. The van der Waals surface area contributed by atoms with Crippen molar-refractivity contribution in [2.24, 2.45) is 5.41 Å². The summed E-state index contributed by atoms with van der Waals surface area (Å²) in [6, 6.07) is 3.14. The van der Waals surface area contributed by atoms with Gasteiger partial charge in [-0.1, -0.05) is 0 Å². The number of carbonyl (C=O) groups is 1. The molecular formula is C13H17BrO5S. The summed E-state index contributed by atoms with van der Waals surface area (Å²) >= 11 is 3.26. The molecule has 0 radical (unpaired) electrons. The Balaban J connectivity index is 3.40. The first-order valence-electron chi connectivity index (χ1n) is 5.79. The van der Waals surface area contributed by atoms with Gasteiger partial charge in [-0.25, -0.2) is 8.42 Å². The van der Waals surface area contributed by atoms with E-state index in [-0.39, 0.29) is 17.1 Å². The molecule has 1 aromatic carbocycles. The van der Waals surface area contributed by atoms with E-state index in [1.54, 1.807) is 19.9 Å². The molecule has 1 aromatic rings. The molecule has 0 aliphatic carbocycles. The normalized spacial score (nSPS) is 12.2. The molecule has 7 heteroatoms. The smallest absolute Gasteiger partial charge is 0.309 e. The van der Waals surface area contributed by atoms with Crippen LogP contribution in [0.15, 0.2) is 21.5 Å². The Morgan fingerprint density at radius 3 is 2.35 bits per heavy atom. The molecule has 0 aromatic heterocycles. The molecule has 0 bridgehead atoms. The zero-order chi connectivity index (χ0) is 15.7. The molecule has 0 saturated carbocycles. The zero-order valence-corrected chi connectivity index (χ0v) is 14.1. The van der Waals surface area contributed by atoms with Crippen molar-refractivity contribution in [1.29, 1.82) is 0 Å². The molecule has 1 N–H and O–H groups in total. The molecule has 0 atom stereocenters. The van der Waals surface area contributed by atoms with Gasteiger partial charge in [0, 0.05) is 6.26 Å². The summed E-state index contributed by atoms with van der Waals surface area (Å²) in [5.41, 5.74) is -0.367. The molecule has 5 nitrogen and oxygen atoms in total. The van der Waals surface area contributed by atoms with Crippen LogP contribution in [0.5, 0.6) is 5.75 Å². The molecule has 0 fully saturated rings. The third-order valence-electron chi connectivity index (χ3n) is 2.90. The van der Waals surface area contributed by atoms with Crippen molar-refractivity contribution >= 4 is 31.7 Å². The van der Waals surface area contributed by atoms with E-state index in [1.165, 1.54) is 13.2 Å². The summed E-state index contributed by atoms with van der Waals surface area (Å²) in [6.07, 6.45) is 1.30. The number of aliphatic carboxylic acids is 1. The number of halogens is 1. The van der Waals surface area contributed by atoms with Gasteiger partial charge in [-0.05, 0) is 53.9 Å². The number of methoxy groups -OCH3 is 1. The lowest BCUT2D eigenvalue weighted by atomic mass is 9.86. The van der Waals surface area contributed by atoms with E-state index in [0.29, 0.717) is 10.0 Å². The second kappa shape index (κ2) is 5.73. The van der Waals surface area contributed by atoms with E-state index in [2.05, 4.69) is 15.9 Å². The molecule has 20 heavy (non-hydrogen) atoms. The van der Waals surface area contributed by atoms with Crippen LogP contribution in [0.2, 0.25) is 0 Å². The summed E-state index contributed by atoms with van der Waals surface area (Å²) in [4.78, 5) is 11.2. The Labute approximate surface area is 127 Å². The molecule has 0 saturated heterocycles. The number of rotatable bonds is 5. The van der Waals surface area contributed by atoms with Gasteiger partial charge >= 0.3 is 5.97 Å². The number of hydrogen-bond donors (Lipinski definition) is 1. The Hall–Kier alpha value is -1.08. The van der Waals surface area contributed by atoms with Crippen molar-refractivity contribution in [2.75, 3.05) is 13.4 Å². The third kappa shape index (κ3) is 3.73. The van der Waals surface area contributed by atoms with E-state index in [9.17, 15) is 13.2 Å². The number of sulfone groups is 1. The van der Waals surface area contributed by atoms with Gasteiger partial charge in [-0.15, -0.1) is 0 Å². The van der Waals surface area contributed by atoms with Crippen LogP contribution in [0, 0.1) is 5.41 Å². The lowest BCUT2D eigenvalue weighted by Gasteiger charge is -2.20. The Bertz CT molecular complexity index is 634. The van der Waals surface area contributed by atoms with Crippen molar-refractivity contribution in [3.63, 3.8) is 0 Å². The van der Waals surface area contributed by atoms with Crippen molar-refractivity contribution in [3.05, 3.63) is 22.2 Å². The van der Waals surface area contributed by atoms with Gasteiger partial charge in [0.2, 0.25) is 0 Å². The molecule has 0 amide bonds. The van der Waals surface area contributed by atoms with E-state index in [4.69, 9.17) is 9.84 Å². The van der Waals surface area contributed by atoms with Gasteiger partial charge in [0.1, 0.15) is 4.90 Å². The predicted octanol–water partition coefficient (Wildman–Crippen LogP) is 2.51. The molecule has 0 aliphatic heterocycles. The summed E-state index contributed by atoms with van der Waals surface area (Å²) in [7, 11) is -2.08. The van der Waals surface area contributed by atoms with Crippen LogP contribution in [0.3, 0.4) is 0 Å². The van der Waals surface area contributed by atoms with Crippen molar-refractivity contribution in [3.8, 4) is 5.75 Å². The lowest BCUT2D eigenvalue weighted by Crippen LogP contribution is -2.26. The summed E-state index contributed by atoms with van der Waals surface area (Å²) in [6.45, 7) is 3.18. The zero-order valence-electron chi connectivity index (χ0n) is 11.7. The van der Waals surface area contributed by atoms with Gasteiger partial charge in [-0.2, -0.15) is 0 Å². The fourth-order valence-corrected chi connectivity index (χ4v) is 3.48. The molecule has 0 aliphatic rings. The van der Waals surface area contributed by atoms with E-state index >= 15 is 0 Å². The van der Waals surface area contributed by atoms with Crippen molar-refractivity contribution in [2.45, 2.75) is 25.2 Å². The van der Waals surface area contributed by atoms with Crippen molar-refractivity contribution < 1.29 is 23.1 Å². The fraction of sp³-hybridized carbons (Fsp3) is 0.462. The first kappa shape index (κ1) is 17.0. The molecule has 112 valence electrons. The average Bonchev–Trinajstić information content (AvgIpc) is 2.26. The highest BCUT2D eigenvalue weighted by Gasteiger charge is 2.29. The van der Waals surface area contributed by atoms with E-state index in [0.717, 1.165) is 6.26 Å². The number of carboxylic acids is 1. The molecule has 1 rings (SSSR count). The predicted molar refractivity (Wildman–Crippen MR) is 78.9 cm³/mol. The van der Waals surface area contributed by atoms with Crippen LogP contribution in [0.25, 0.3) is 0 Å². The molecule has 0 unspecified atom stereocenters. The van der Waals surface area contributed by atoms with Gasteiger partial charge in [0.15, 0.2) is 15.6 Å². The SMILES string of the molecule is COc1c(Br)cc(CC(C)(C)C(=O)O)cc1S(C)(=O)=O. The fourth-order valence-electron chi connectivity index (χ4n) is 1.78. The van der Waals surface area contributed by atoms with Gasteiger partial charge in [-0.3, -0.25) is 4.79 Å². The minimum absolute atomic E-state index is 0.0468. The van der Waals surface area contributed by atoms with Crippen LogP contribution in [0.1, 0.15) is 19.4 Å². The van der Waals surface area contributed by atoms with Gasteiger partial charge in [0.25, 0.3) is 0 Å². The maximum atomic E-state index is 11.8. The highest BCUT2D eigenvalue weighted by Crippen LogP contribution is 2.35. The van der Waals surface area contributed by atoms with Crippen LogP contribution in [0.4, 0.5) is 0 Å². The second-order valence-electron chi connectivity index (χ2n) is 5.25. The van der Waals surface area contributed by atoms with Crippen LogP contribution in [-0.2, 0) is 21.1 Å². The van der Waals surface area contributed by atoms with Gasteiger partial charge < -0.3 is 9.84 Å². The molecule has 0 heterocycles. The lowest BCUT2D eigenvalue weighted by molar-refractivity contribution is -0.146.